The van der Waals surface area contributed by atoms with Gasteiger partial charge in [-0.3, -0.25) is 14.9 Å². The number of nitrogens with zero attached hydrogens (tertiary/aromatic N) is 3. The SMILES string of the molecule is CCCNC(c1cnccn1)C1(N2CCCC2)CCCC1. The molecule has 1 N–H and O–H groups in total. The summed E-state index contributed by atoms with van der Waals surface area (Å²) in [5.41, 5.74) is 1.39. The van der Waals surface area contributed by atoms with E-state index in [4.69, 9.17) is 0 Å². The van der Waals surface area contributed by atoms with E-state index in [1.54, 1.807) is 6.20 Å². The molecule has 2 fully saturated rings. The van der Waals surface area contributed by atoms with E-state index in [1.807, 2.05) is 12.4 Å². The Kier molecular flexibility index (Phi) is 4.86. The summed E-state index contributed by atoms with van der Waals surface area (Å²) >= 11 is 0. The molecule has 0 radical (unpaired) electrons. The first-order valence-electron chi connectivity index (χ1n) is 8.61. The van der Waals surface area contributed by atoms with Crippen LogP contribution in [0.3, 0.4) is 0 Å². The molecule has 1 unspecified atom stereocenters. The molecule has 1 aromatic heterocycles. The zero-order chi connectivity index (χ0) is 14.5. The first-order valence-corrected chi connectivity index (χ1v) is 8.61. The maximum absolute atomic E-state index is 4.64. The zero-order valence-corrected chi connectivity index (χ0v) is 13.2. The predicted molar refractivity (Wildman–Crippen MR) is 85.1 cm³/mol. The third kappa shape index (κ3) is 2.97. The van der Waals surface area contributed by atoms with Crippen LogP contribution in [-0.2, 0) is 0 Å². The number of nitrogens with one attached hydrogen (secondary N) is 1. The Morgan fingerprint density at radius 2 is 1.95 bits per heavy atom. The first-order chi connectivity index (χ1) is 10.4. The van der Waals surface area contributed by atoms with Crippen molar-refractivity contribution in [1.82, 2.24) is 20.2 Å². The van der Waals surface area contributed by atoms with Crippen LogP contribution < -0.4 is 5.32 Å². The Balaban J connectivity index is 1.91. The van der Waals surface area contributed by atoms with Crippen molar-refractivity contribution in [2.24, 2.45) is 0 Å². The van der Waals surface area contributed by atoms with Gasteiger partial charge in [-0.15, -0.1) is 0 Å². The lowest BCUT2D eigenvalue weighted by Gasteiger charge is -2.45. The molecule has 1 saturated heterocycles. The van der Waals surface area contributed by atoms with E-state index in [0.29, 0.717) is 6.04 Å². The van der Waals surface area contributed by atoms with Crippen LogP contribution in [0.4, 0.5) is 0 Å². The van der Waals surface area contributed by atoms with Crippen LogP contribution >= 0.6 is 0 Å². The molecule has 0 aromatic carbocycles. The van der Waals surface area contributed by atoms with Gasteiger partial charge >= 0.3 is 0 Å². The highest BCUT2D eigenvalue weighted by atomic mass is 15.3. The molecule has 2 aliphatic rings. The lowest BCUT2D eigenvalue weighted by atomic mass is 9.84. The standard InChI is InChI=1S/C17H28N4/c1-2-9-20-16(15-14-18-10-11-19-15)17(7-3-4-8-17)21-12-5-6-13-21/h10-11,14,16,20H,2-9,12-13H2,1H3. The number of hydrogen-bond acceptors (Lipinski definition) is 4. The highest BCUT2D eigenvalue weighted by Crippen LogP contribution is 2.45. The molecule has 0 bridgehead atoms. The van der Waals surface area contributed by atoms with E-state index in [2.05, 4.69) is 27.1 Å². The van der Waals surface area contributed by atoms with E-state index in [1.165, 1.54) is 51.6 Å². The van der Waals surface area contributed by atoms with Gasteiger partial charge in [0, 0.05) is 17.9 Å². The largest absolute Gasteiger partial charge is 0.307 e. The summed E-state index contributed by atoms with van der Waals surface area (Å²) in [6.07, 6.45) is 14.7. The monoisotopic (exact) mass is 288 g/mol. The van der Waals surface area contributed by atoms with Crippen LogP contribution in [0.15, 0.2) is 18.6 Å². The Labute approximate surface area is 128 Å². The van der Waals surface area contributed by atoms with Gasteiger partial charge < -0.3 is 5.32 Å². The Morgan fingerprint density at radius 1 is 1.19 bits per heavy atom. The molecule has 0 amide bonds. The summed E-state index contributed by atoms with van der Waals surface area (Å²) in [5, 5.41) is 3.80. The minimum Gasteiger partial charge on any atom is -0.307 e. The summed E-state index contributed by atoms with van der Waals surface area (Å²) in [7, 11) is 0. The molecule has 116 valence electrons. The highest BCUT2D eigenvalue weighted by Gasteiger charge is 2.47. The van der Waals surface area contributed by atoms with Crippen molar-refractivity contribution in [1.29, 1.82) is 0 Å². The molecule has 21 heavy (non-hydrogen) atoms. The van der Waals surface area contributed by atoms with Gasteiger partial charge in [0.2, 0.25) is 0 Å². The summed E-state index contributed by atoms with van der Waals surface area (Å²) in [6, 6.07) is 0.326. The fourth-order valence-electron chi connectivity index (χ4n) is 4.26. The van der Waals surface area contributed by atoms with Gasteiger partial charge in [0.05, 0.1) is 17.9 Å². The van der Waals surface area contributed by atoms with E-state index < -0.39 is 0 Å². The van der Waals surface area contributed by atoms with Crippen LogP contribution in [-0.4, -0.2) is 40.0 Å². The number of rotatable bonds is 6. The van der Waals surface area contributed by atoms with E-state index >= 15 is 0 Å². The molecule has 2 heterocycles. The molecule has 3 rings (SSSR count). The molecule has 1 aromatic rings. The molecule has 0 spiro atoms. The first kappa shape index (κ1) is 14.9. The van der Waals surface area contributed by atoms with Crippen LogP contribution in [0, 0.1) is 0 Å². The number of hydrogen-bond donors (Lipinski definition) is 1. The van der Waals surface area contributed by atoms with Crippen LogP contribution in [0.25, 0.3) is 0 Å². The molecular weight excluding hydrogens is 260 g/mol. The molecule has 1 aliphatic heterocycles. The van der Waals surface area contributed by atoms with Gasteiger partial charge in [-0.2, -0.15) is 0 Å². The van der Waals surface area contributed by atoms with Gasteiger partial charge in [0.1, 0.15) is 0 Å². The van der Waals surface area contributed by atoms with Crippen LogP contribution in [0.5, 0.6) is 0 Å². The fraction of sp³-hybridized carbons (Fsp3) is 0.765. The summed E-state index contributed by atoms with van der Waals surface area (Å²) in [6.45, 7) is 5.80. The molecule has 4 nitrogen and oxygen atoms in total. The molecule has 1 saturated carbocycles. The van der Waals surface area contributed by atoms with Crippen molar-refractivity contribution < 1.29 is 0 Å². The average molecular weight is 288 g/mol. The highest BCUT2D eigenvalue weighted by molar-refractivity contribution is 5.15. The third-order valence-electron chi connectivity index (χ3n) is 5.22. The number of likely N-dealkylation sites (tertiary alicyclic amines) is 1. The van der Waals surface area contributed by atoms with Crippen molar-refractivity contribution in [2.75, 3.05) is 19.6 Å². The smallest absolute Gasteiger partial charge is 0.0775 e. The molecular formula is C17H28N4. The average Bonchev–Trinajstić information content (AvgIpc) is 3.21. The molecule has 4 heteroatoms. The van der Waals surface area contributed by atoms with Crippen LogP contribution in [0.1, 0.15) is 63.6 Å². The van der Waals surface area contributed by atoms with E-state index in [-0.39, 0.29) is 5.54 Å². The molecule has 1 aliphatic carbocycles. The maximum Gasteiger partial charge on any atom is 0.0775 e. The van der Waals surface area contributed by atoms with Gasteiger partial charge in [0.15, 0.2) is 0 Å². The Hall–Kier alpha value is -1.00. The van der Waals surface area contributed by atoms with Crippen molar-refractivity contribution in [3.05, 3.63) is 24.3 Å². The minimum absolute atomic E-state index is 0.266. The van der Waals surface area contributed by atoms with Crippen molar-refractivity contribution in [3.8, 4) is 0 Å². The summed E-state index contributed by atoms with van der Waals surface area (Å²) < 4.78 is 0. The lowest BCUT2D eigenvalue weighted by Crippen LogP contribution is -2.54. The van der Waals surface area contributed by atoms with Crippen molar-refractivity contribution >= 4 is 0 Å². The van der Waals surface area contributed by atoms with Gasteiger partial charge in [-0.1, -0.05) is 19.8 Å². The van der Waals surface area contributed by atoms with Gasteiger partial charge in [-0.05, 0) is 51.7 Å². The van der Waals surface area contributed by atoms with Crippen molar-refractivity contribution in [2.45, 2.75) is 63.5 Å². The maximum atomic E-state index is 4.64. The zero-order valence-electron chi connectivity index (χ0n) is 13.2. The summed E-state index contributed by atoms with van der Waals surface area (Å²) in [4.78, 5) is 11.7. The van der Waals surface area contributed by atoms with Crippen LogP contribution in [0.2, 0.25) is 0 Å². The van der Waals surface area contributed by atoms with Crippen molar-refractivity contribution in [3.63, 3.8) is 0 Å². The Morgan fingerprint density at radius 3 is 2.57 bits per heavy atom. The van der Waals surface area contributed by atoms with E-state index in [0.717, 1.165) is 18.7 Å². The second-order valence-electron chi connectivity index (χ2n) is 6.52. The summed E-state index contributed by atoms with van der Waals surface area (Å²) in [5.74, 6) is 0. The minimum atomic E-state index is 0.266. The van der Waals surface area contributed by atoms with E-state index in [9.17, 15) is 0 Å². The van der Waals surface area contributed by atoms with Gasteiger partial charge in [0.25, 0.3) is 0 Å². The fourth-order valence-corrected chi connectivity index (χ4v) is 4.26. The topological polar surface area (TPSA) is 41.1 Å². The third-order valence-corrected chi connectivity index (χ3v) is 5.22. The number of aromatic nitrogens is 2. The normalized spacial score (nSPS) is 23.5. The lowest BCUT2D eigenvalue weighted by molar-refractivity contribution is 0.0745. The second-order valence-corrected chi connectivity index (χ2v) is 6.52. The van der Waals surface area contributed by atoms with Gasteiger partial charge in [-0.25, -0.2) is 0 Å². The Bertz CT molecular complexity index is 422. The second kappa shape index (κ2) is 6.84. The molecule has 1 atom stereocenters. The quantitative estimate of drug-likeness (QED) is 0.874. The predicted octanol–water partition coefficient (Wildman–Crippen LogP) is 2.93.